The van der Waals surface area contributed by atoms with Crippen LogP contribution in [-0.4, -0.2) is 6.10 Å². The third kappa shape index (κ3) is 2.18. The van der Waals surface area contributed by atoms with Crippen molar-refractivity contribution in [3.05, 3.63) is 11.6 Å². The molecule has 15 heavy (non-hydrogen) atoms. The molecular formula is C13H18O2. The maximum Gasteiger partial charge on any atom is 0.153 e. The van der Waals surface area contributed by atoms with Crippen LogP contribution in [0, 0.1) is 24.4 Å². The Morgan fingerprint density at radius 3 is 3.13 bits per heavy atom. The lowest BCUT2D eigenvalue weighted by Gasteiger charge is -2.38. The number of allylic oxidation sites excluding steroid dienone is 1. The molecule has 0 N–H and O–H groups in total. The van der Waals surface area contributed by atoms with Gasteiger partial charge in [-0.3, -0.25) is 4.89 Å². The summed E-state index contributed by atoms with van der Waals surface area (Å²) in [5, 5.41) is 0. The van der Waals surface area contributed by atoms with Gasteiger partial charge >= 0.3 is 0 Å². The molecule has 0 saturated heterocycles. The average molecular weight is 206 g/mol. The molecule has 0 amide bonds. The van der Waals surface area contributed by atoms with Crippen LogP contribution < -0.4 is 0 Å². The van der Waals surface area contributed by atoms with Crippen molar-refractivity contribution in [1.82, 2.24) is 0 Å². The maximum absolute atomic E-state index is 5.30. The summed E-state index contributed by atoms with van der Waals surface area (Å²) in [6.07, 6.45) is 15.6. The molecule has 1 saturated carbocycles. The number of hydrogen-bond donors (Lipinski definition) is 0. The minimum atomic E-state index is 0.163. The third-order valence-corrected chi connectivity index (χ3v) is 3.64. The Balaban J connectivity index is 2.07. The van der Waals surface area contributed by atoms with Gasteiger partial charge in [-0.1, -0.05) is 25.0 Å². The maximum atomic E-state index is 5.30. The highest BCUT2D eigenvalue weighted by Gasteiger charge is 2.36. The van der Waals surface area contributed by atoms with Gasteiger partial charge in [-0.2, -0.15) is 4.89 Å². The Morgan fingerprint density at radius 1 is 1.47 bits per heavy atom. The van der Waals surface area contributed by atoms with E-state index < -0.39 is 0 Å². The first-order chi connectivity index (χ1) is 7.33. The lowest BCUT2D eigenvalue weighted by Crippen LogP contribution is -2.35. The van der Waals surface area contributed by atoms with Crippen molar-refractivity contribution in [2.75, 3.05) is 0 Å². The molecule has 2 rings (SSSR count). The molecule has 0 aromatic heterocycles. The van der Waals surface area contributed by atoms with E-state index in [2.05, 4.69) is 24.0 Å². The molecule has 82 valence electrons. The SMILES string of the molecule is C#COOC1CCC=C2CCCC(C)C21. The van der Waals surface area contributed by atoms with E-state index in [1.54, 1.807) is 5.57 Å². The first kappa shape index (κ1) is 10.6. The predicted octanol–water partition coefficient (Wildman–Crippen LogP) is 3.05. The van der Waals surface area contributed by atoms with E-state index in [1.807, 2.05) is 0 Å². The van der Waals surface area contributed by atoms with Crippen molar-refractivity contribution in [1.29, 1.82) is 0 Å². The quantitative estimate of drug-likeness (QED) is 0.299. The zero-order valence-corrected chi connectivity index (χ0v) is 9.24. The van der Waals surface area contributed by atoms with E-state index in [0.717, 1.165) is 12.8 Å². The summed E-state index contributed by atoms with van der Waals surface area (Å²) in [7, 11) is 0. The first-order valence-corrected chi connectivity index (χ1v) is 5.79. The lowest BCUT2D eigenvalue weighted by molar-refractivity contribution is -0.287. The van der Waals surface area contributed by atoms with Crippen LogP contribution in [0.3, 0.4) is 0 Å². The van der Waals surface area contributed by atoms with E-state index in [4.69, 9.17) is 11.3 Å². The Bertz CT molecular complexity index is 287. The highest BCUT2D eigenvalue weighted by Crippen LogP contribution is 2.41. The van der Waals surface area contributed by atoms with Crippen LogP contribution in [0.25, 0.3) is 0 Å². The second-order valence-corrected chi connectivity index (χ2v) is 4.59. The first-order valence-electron chi connectivity index (χ1n) is 5.79. The Hall–Kier alpha value is -0.940. The zero-order chi connectivity index (χ0) is 10.7. The fraction of sp³-hybridized carbons (Fsp3) is 0.692. The van der Waals surface area contributed by atoms with Crippen LogP contribution in [0.2, 0.25) is 0 Å². The highest BCUT2D eigenvalue weighted by molar-refractivity contribution is 5.16. The fourth-order valence-corrected chi connectivity index (χ4v) is 2.99. The topological polar surface area (TPSA) is 18.5 Å². The van der Waals surface area contributed by atoms with Gasteiger partial charge in [0.1, 0.15) is 6.10 Å². The Morgan fingerprint density at radius 2 is 2.33 bits per heavy atom. The molecule has 2 nitrogen and oxygen atoms in total. The van der Waals surface area contributed by atoms with Gasteiger partial charge in [-0.25, -0.2) is 0 Å². The number of hydrogen-bond acceptors (Lipinski definition) is 2. The van der Waals surface area contributed by atoms with Gasteiger partial charge in [0.15, 0.2) is 6.11 Å². The monoisotopic (exact) mass is 206 g/mol. The molecule has 2 heteroatoms. The number of terminal acetylenes is 1. The van der Waals surface area contributed by atoms with Gasteiger partial charge in [0.2, 0.25) is 0 Å². The minimum Gasteiger partial charge on any atom is -0.282 e. The van der Waals surface area contributed by atoms with Crippen LogP contribution >= 0.6 is 0 Å². The molecule has 0 radical (unpaired) electrons. The summed E-state index contributed by atoms with van der Waals surface area (Å²) >= 11 is 0. The summed E-state index contributed by atoms with van der Waals surface area (Å²) in [6, 6.07) is 0. The van der Waals surface area contributed by atoms with Crippen molar-refractivity contribution >= 4 is 0 Å². The van der Waals surface area contributed by atoms with Gasteiger partial charge in [-0.05, 0) is 38.0 Å². The second kappa shape index (κ2) is 4.72. The van der Waals surface area contributed by atoms with Crippen molar-refractivity contribution in [2.24, 2.45) is 11.8 Å². The molecule has 0 aromatic carbocycles. The van der Waals surface area contributed by atoms with Crippen molar-refractivity contribution in [2.45, 2.75) is 45.1 Å². The van der Waals surface area contributed by atoms with Crippen LogP contribution in [-0.2, 0) is 9.78 Å². The molecule has 0 heterocycles. The molecule has 3 atom stereocenters. The molecule has 1 fully saturated rings. The van der Waals surface area contributed by atoms with Gasteiger partial charge in [0, 0.05) is 5.92 Å². The molecule has 0 bridgehead atoms. The molecule has 0 aromatic rings. The van der Waals surface area contributed by atoms with E-state index in [1.165, 1.54) is 19.3 Å². The molecular weight excluding hydrogens is 188 g/mol. The van der Waals surface area contributed by atoms with Gasteiger partial charge in [0.05, 0.1) is 0 Å². The summed E-state index contributed by atoms with van der Waals surface area (Å²) in [5.74, 6) is 1.22. The fourth-order valence-electron chi connectivity index (χ4n) is 2.99. The van der Waals surface area contributed by atoms with Crippen molar-refractivity contribution in [3.63, 3.8) is 0 Å². The number of fused-ring (bicyclic) bond motifs is 1. The third-order valence-electron chi connectivity index (χ3n) is 3.64. The van der Waals surface area contributed by atoms with Crippen molar-refractivity contribution < 1.29 is 9.78 Å². The summed E-state index contributed by atoms with van der Waals surface area (Å²) in [6.45, 7) is 2.30. The van der Waals surface area contributed by atoms with Crippen LogP contribution in [0.15, 0.2) is 11.6 Å². The molecule has 3 unspecified atom stereocenters. The van der Waals surface area contributed by atoms with Gasteiger partial charge in [0.25, 0.3) is 0 Å². The van der Waals surface area contributed by atoms with E-state index >= 15 is 0 Å². The van der Waals surface area contributed by atoms with Crippen molar-refractivity contribution in [3.8, 4) is 12.5 Å². The second-order valence-electron chi connectivity index (χ2n) is 4.59. The molecule has 0 spiro atoms. The van der Waals surface area contributed by atoms with E-state index in [9.17, 15) is 0 Å². The smallest absolute Gasteiger partial charge is 0.153 e. The molecule has 2 aliphatic carbocycles. The van der Waals surface area contributed by atoms with Gasteiger partial charge in [-0.15, -0.1) is 0 Å². The summed E-state index contributed by atoms with van der Waals surface area (Å²) in [5.41, 5.74) is 1.56. The number of rotatable bonds is 2. The predicted molar refractivity (Wildman–Crippen MR) is 58.6 cm³/mol. The summed E-state index contributed by atoms with van der Waals surface area (Å²) in [4.78, 5) is 9.97. The zero-order valence-electron chi connectivity index (χ0n) is 9.24. The van der Waals surface area contributed by atoms with E-state index in [0.29, 0.717) is 11.8 Å². The van der Waals surface area contributed by atoms with Gasteiger partial charge < -0.3 is 0 Å². The Kier molecular flexibility index (Phi) is 3.33. The molecule has 0 aliphatic heterocycles. The normalized spacial score (nSPS) is 34.9. The minimum absolute atomic E-state index is 0.163. The largest absolute Gasteiger partial charge is 0.282 e. The highest BCUT2D eigenvalue weighted by atomic mass is 17.2. The average Bonchev–Trinajstić information content (AvgIpc) is 2.26. The Labute approximate surface area is 91.6 Å². The van der Waals surface area contributed by atoms with E-state index in [-0.39, 0.29) is 6.10 Å². The standard InChI is InChI=1S/C13H18O2/c1-3-14-15-12-9-5-8-11-7-4-6-10(2)13(11)12/h1,8,10,12-13H,4-7,9H2,2H3. The lowest BCUT2D eigenvalue weighted by atomic mass is 9.70. The van der Waals surface area contributed by atoms with Crippen LogP contribution in [0.4, 0.5) is 0 Å². The van der Waals surface area contributed by atoms with Crippen LogP contribution in [0.5, 0.6) is 0 Å². The molecule has 2 aliphatic rings. The van der Waals surface area contributed by atoms with Crippen LogP contribution in [0.1, 0.15) is 39.0 Å². The summed E-state index contributed by atoms with van der Waals surface area (Å²) < 4.78 is 0.